The predicted molar refractivity (Wildman–Crippen MR) is 82.2 cm³/mol. The summed E-state index contributed by atoms with van der Waals surface area (Å²) in [4.78, 5) is 10.1. The number of benzene rings is 2. The van der Waals surface area contributed by atoms with E-state index in [1.165, 1.54) is 12.1 Å². The lowest BCUT2D eigenvalue weighted by Crippen LogP contribution is -1.94. The van der Waals surface area contributed by atoms with Gasteiger partial charge in [0, 0.05) is 17.5 Å². The summed E-state index contributed by atoms with van der Waals surface area (Å²) < 4.78 is 19.2. The summed E-state index contributed by atoms with van der Waals surface area (Å²) >= 11 is 15.0. The third kappa shape index (κ3) is 3.64. The first-order valence-electron chi connectivity index (χ1n) is 5.58. The van der Waals surface area contributed by atoms with Crippen molar-refractivity contribution in [2.24, 2.45) is 0 Å². The molecule has 0 aromatic heterocycles. The van der Waals surface area contributed by atoms with Gasteiger partial charge in [-0.25, -0.2) is 4.39 Å². The Labute approximate surface area is 137 Å². The van der Waals surface area contributed by atoms with E-state index in [1.807, 2.05) is 0 Å². The highest BCUT2D eigenvalue weighted by atomic mass is 79.9. The van der Waals surface area contributed by atoms with E-state index >= 15 is 0 Å². The van der Waals surface area contributed by atoms with Crippen LogP contribution in [0.15, 0.2) is 30.3 Å². The first-order valence-corrected chi connectivity index (χ1v) is 7.45. The largest absolute Gasteiger partial charge is 0.451 e. The van der Waals surface area contributed by atoms with Crippen molar-refractivity contribution < 1.29 is 14.1 Å². The van der Waals surface area contributed by atoms with E-state index in [0.717, 1.165) is 17.7 Å². The second kappa shape index (κ2) is 6.60. The molecular formula is C13H7BrCl2FNO3. The Bertz CT molecular complexity index is 689. The molecule has 0 unspecified atom stereocenters. The number of rotatable bonds is 4. The molecule has 0 aliphatic heterocycles. The van der Waals surface area contributed by atoms with Gasteiger partial charge in [0.2, 0.25) is 0 Å². The second-order valence-electron chi connectivity index (χ2n) is 4.00. The van der Waals surface area contributed by atoms with Crippen molar-refractivity contribution in [2.75, 3.05) is 0 Å². The SMILES string of the molecule is O=[N+]([O-])c1cc(Cl)c(Oc2ccc(CBr)cc2F)c(Cl)c1. The summed E-state index contributed by atoms with van der Waals surface area (Å²) in [6, 6.07) is 6.58. The van der Waals surface area contributed by atoms with Crippen LogP contribution in [0.1, 0.15) is 5.56 Å². The molecule has 0 spiro atoms. The van der Waals surface area contributed by atoms with Crippen LogP contribution in [0.25, 0.3) is 0 Å². The van der Waals surface area contributed by atoms with Gasteiger partial charge in [0.05, 0.1) is 15.0 Å². The molecule has 0 aliphatic carbocycles. The summed E-state index contributed by atoms with van der Waals surface area (Å²) in [7, 11) is 0. The zero-order valence-electron chi connectivity index (χ0n) is 10.3. The van der Waals surface area contributed by atoms with Crippen molar-refractivity contribution in [3.05, 3.63) is 61.9 Å². The minimum absolute atomic E-state index is 0.0329. The Morgan fingerprint density at radius 1 is 1.24 bits per heavy atom. The van der Waals surface area contributed by atoms with Crippen LogP contribution in [0.3, 0.4) is 0 Å². The van der Waals surface area contributed by atoms with E-state index in [9.17, 15) is 14.5 Å². The number of nitro groups is 1. The maximum Gasteiger partial charge on any atom is 0.272 e. The smallest absolute Gasteiger partial charge is 0.272 e. The number of non-ortho nitro benzene ring substituents is 1. The van der Waals surface area contributed by atoms with Crippen LogP contribution < -0.4 is 4.74 Å². The third-order valence-electron chi connectivity index (χ3n) is 2.56. The van der Waals surface area contributed by atoms with Gasteiger partial charge in [0.1, 0.15) is 0 Å². The van der Waals surface area contributed by atoms with Crippen LogP contribution in [0.5, 0.6) is 11.5 Å². The highest BCUT2D eigenvalue weighted by molar-refractivity contribution is 9.08. The van der Waals surface area contributed by atoms with Gasteiger partial charge >= 0.3 is 0 Å². The number of nitro benzene ring substituents is 1. The number of hydrogen-bond donors (Lipinski definition) is 0. The minimum Gasteiger partial charge on any atom is -0.451 e. The highest BCUT2D eigenvalue weighted by Crippen LogP contribution is 2.40. The molecule has 0 bridgehead atoms. The lowest BCUT2D eigenvalue weighted by molar-refractivity contribution is -0.384. The zero-order valence-corrected chi connectivity index (χ0v) is 13.4. The van der Waals surface area contributed by atoms with Crippen LogP contribution in [0, 0.1) is 15.9 Å². The van der Waals surface area contributed by atoms with Gasteiger partial charge in [0.15, 0.2) is 17.3 Å². The predicted octanol–water partition coefficient (Wildman–Crippen LogP) is 5.73. The van der Waals surface area contributed by atoms with Crippen molar-refractivity contribution in [2.45, 2.75) is 5.33 Å². The number of hydrogen-bond acceptors (Lipinski definition) is 3. The van der Waals surface area contributed by atoms with Gasteiger partial charge in [-0.05, 0) is 17.7 Å². The minimum atomic E-state index is -0.632. The van der Waals surface area contributed by atoms with Gasteiger partial charge < -0.3 is 4.74 Å². The van der Waals surface area contributed by atoms with Crippen LogP contribution in [0.2, 0.25) is 10.0 Å². The highest BCUT2D eigenvalue weighted by Gasteiger charge is 2.17. The number of nitrogens with zero attached hydrogens (tertiary/aromatic N) is 1. The fourth-order valence-electron chi connectivity index (χ4n) is 1.57. The molecule has 0 heterocycles. The van der Waals surface area contributed by atoms with E-state index in [4.69, 9.17) is 27.9 Å². The van der Waals surface area contributed by atoms with Crippen molar-refractivity contribution in [3.63, 3.8) is 0 Å². The lowest BCUT2D eigenvalue weighted by Gasteiger charge is -2.10. The molecule has 4 nitrogen and oxygen atoms in total. The van der Waals surface area contributed by atoms with Crippen molar-refractivity contribution in [1.82, 2.24) is 0 Å². The molecule has 110 valence electrons. The number of alkyl halides is 1. The van der Waals surface area contributed by atoms with Crippen LogP contribution in [-0.2, 0) is 5.33 Å². The number of ether oxygens (including phenoxy) is 1. The Morgan fingerprint density at radius 3 is 2.33 bits per heavy atom. The van der Waals surface area contributed by atoms with Crippen LogP contribution in [0.4, 0.5) is 10.1 Å². The summed E-state index contributed by atoms with van der Waals surface area (Å²) in [5, 5.41) is 11.0. The molecule has 8 heteroatoms. The molecule has 21 heavy (non-hydrogen) atoms. The summed E-state index contributed by atoms with van der Waals surface area (Å²) in [6.07, 6.45) is 0. The molecule has 0 saturated carbocycles. The van der Waals surface area contributed by atoms with Crippen LogP contribution in [-0.4, -0.2) is 4.92 Å². The monoisotopic (exact) mass is 393 g/mol. The zero-order chi connectivity index (χ0) is 15.6. The molecule has 0 aliphatic rings. The molecule has 0 atom stereocenters. The molecule has 0 saturated heterocycles. The number of halogens is 4. The first kappa shape index (κ1) is 16.0. The summed E-state index contributed by atoms with van der Waals surface area (Å²) in [6.45, 7) is 0. The molecular weight excluding hydrogens is 388 g/mol. The molecule has 2 rings (SSSR count). The standard InChI is InChI=1S/C13H7BrCl2FNO3/c14-6-7-1-2-12(11(17)3-7)21-13-9(15)4-8(18(19)20)5-10(13)16/h1-5H,6H2. The first-order chi connectivity index (χ1) is 9.92. The van der Waals surface area contributed by atoms with E-state index in [1.54, 1.807) is 6.07 Å². The average molecular weight is 395 g/mol. The van der Waals surface area contributed by atoms with E-state index in [-0.39, 0.29) is 27.2 Å². The molecule has 2 aromatic rings. The lowest BCUT2D eigenvalue weighted by atomic mass is 10.2. The summed E-state index contributed by atoms with van der Waals surface area (Å²) in [5.74, 6) is -0.691. The van der Waals surface area contributed by atoms with Gasteiger partial charge in [-0.1, -0.05) is 45.2 Å². The van der Waals surface area contributed by atoms with E-state index in [2.05, 4.69) is 15.9 Å². The third-order valence-corrected chi connectivity index (χ3v) is 3.77. The molecule has 0 N–H and O–H groups in total. The van der Waals surface area contributed by atoms with Gasteiger partial charge in [-0.3, -0.25) is 10.1 Å². The van der Waals surface area contributed by atoms with Crippen molar-refractivity contribution in [3.8, 4) is 11.5 Å². The van der Waals surface area contributed by atoms with Gasteiger partial charge in [0.25, 0.3) is 5.69 Å². The Kier molecular flexibility index (Phi) is 5.03. The summed E-state index contributed by atoms with van der Waals surface area (Å²) in [5.41, 5.74) is 0.466. The molecule has 2 aromatic carbocycles. The maximum absolute atomic E-state index is 13.9. The van der Waals surface area contributed by atoms with Gasteiger partial charge in [-0.15, -0.1) is 0 Å². The van der Waals surface area contributed by atoms with E-state index in [0.29, 0.717) is 5.33 Å². The van der Waals surface area contributed by atoms with Crippen molar-refractivity contribution >= 4 is 44.8 Å². The fourth-order valence-corrected chi connectivity index (χ4v) is 2.47. The molecule has 0 amide bonds. The quantitative estimate of drug-likeness (QED) is 0.378. The normalized spacial score (nSPS) is 10.5. The Morgan fingerprint density at radius 2 is 1.86 bits per heavy atom. The second-order valence-corrected chi connectivity index (χ2v) is 5.37. The van der Waals surface area contributed by atoms with Gasteiger partial charge in [-0.2, -0.15) is 0 Å². The maximum atomic E-state index is 13.9. The van der Waals surface area contributed by atoms with E-state index < -0.39 is 10.7 Å². The topological polar surface area (TPSA) is 52.4 Å². The van der Waals surface area contributed by atoms with Crippen molar-refractivity contribution in [1.29, 1.82) is 0 Å². The molecule has 0 fully saturated rings. The average Bonchev–Trinajstić information content (AvgIpc) is 2.43. The Hall–Kier alpha value is -1.37. The van der Waals surface area contributed by atoms with Crippen LogP contribution >= 0.6 is 39.1 Å². The fraction of sp³-hybridized carbons (Fsp3) is 0.0769. The Balaban J connectivity index is 2.38. The molecule has 0 radical (unpaired) electrons.